The summed E-state index contributed by atoms with van der Waals surface area (Å²) in [6, 6.07) is 0. The Labute approximate surface area is 130 Å². The summed E-state index contributed by atoms with van der Waals surface area (Å²) in [7, 11) is 0. The largest absolute Gasteiger partial charge is 1.00 e. The Morgan fingerprint density at radius 1 is 0.824 bits per heavy atom. The third-order valence-corrected chi connectivity index (χ3v) is 3.98. The molecule has 0 radical (unpaired) electrons. The van der Waals surface area contributed by atoms with Crippen LogP contribution in [-0.2, 0) is 23.1 Å². The first-order valence-corrected chi connectivity index (χ1v) is 7.81. The molecule has 17 heavy (non-hydrogen) atoms. The van der Waals surface area contributed by atoms with Crippen molar-refractivity contribution >= 4 is 0 Å². The fourth-order valence-corrected chi connectivity index (χ4v) is 2.69. The van der Waals surface area contributed by atoms with Crippen molar-refractivity contribution in [3.05, 3.63) is 0 Å². The smallest absolute Gasteiger partial charge is 1.00 e. The second-order valence-corrected chi connectivity index (χ2v) is 5.71. The average molecular weight is 320 g/mol. The van der Waals surface area contributed by atoms with E-state index in [2.05, 4.69) is 24.2 Å². The Morgan fingerprint density at radius 3 is 1.71 bits per heavy atom. The molecule has 0 aromatic heterocycles. The van der Waals surface area contributed by atoms with Gasteiger partial charge in [0, 0.05) is 0 Å². The summed E-state index contributed by atoms with van der Waals surface area (Å²) in [5, 5.41) is 0. The van der Waals surface area contributed by atoms with Crippen LogP contribution in [0.1, 0.15) is 59.3 Å². The van der Waals surface area contributed by atoms with E-state index in [-0.39, 0.29) is 44.6 Å². The van der Waals surface area contributed by atoms with Crippen LogP contribution in [0.4, 0.5) is 0 Å². The Bertz CT molecular complexity index is 123. The summed E-state index contributed by atoms with van der Waals surface area (Å²) in [6.07, 6.45) is 7.71. The summed E-state index contributed by atoms with van der Waals surface area (Å²) >= 11 is -0.279. The predicted molar refractivity (Wildman–Crippen MR) is 62.2 cm³/mol. The molecule has 0 saturated heterocycles. The summed E-state index contributed by atoms with van der Waals surface area (Å²) in [5.74, 6) is 0. The quantitative estimate of drug-likeness (QED) is 0.312. The van der Waals surface area contributed by atoms with E-state index in [9.17, 15) is 0 Å². The zero-order valence-electron chi connectivity index (χ0n) is 11.5. The number of unbranched alkanes of at least 4 members (excludes halogenated alkanes) is 3. The fraction of sp³-hybridized carbons (Fsp3) is 1.00. The molecule has 0 aliphatic carbocycles. The summed E-state index contributed by atoms with van der Waals surface area (Å²) < 4.78 is 8.35. The van der Waals surface area contributed by atoms with Gasteiger partial charge in [-0.05, 0) is 0 Å². The molecule has 0 aromatic carbocycles. The molecule has 0 rings (SSSR count). The van der Waals surface area contributed by atoms with Crippen LogP contribution in [0, 0.1) is 0 Å². The van der Waals surface area contributed by atoms with Gasteiger partial charge in [0.2, 0.25) is 0 Å². The van der Waals surface area contributed by atoms with Gasteiger partial charge in [-0.3, -0.25) is 0 Å². The van der Waals surface area contributed by atoms with Gasteiger partial charge in [0.1, 0.15) is 0 Å². The first-order valence-electron chi connectivity index (χ1n) is 6.47. The van der Waals surface area contributed by atoms with Gasteiger partial charge in [-0.1, -0.05) is 0 Å². The molecule has 0 unspecified atom stereocenters. The fourth-order valence-electron chi connectivity index (χ4n) is 1.25. The van der Waals surface area contributed by atoms with Crippen LogP contribution >= 0.6 is 0 Å². The minimum Gasteiger partial charge on any atom is -1.00 e. The normalized spacial score (nSPS) is 9.41. The maximum atomic E-state index is 5.78. The van der Waals surface area contributed by atoms with Crippen molar-refractivity contribution in [2.45, 2.75) is 59.3 Å². The standard InChI is InChI=1S/C8H18N.C4H9O.2ClH.Ti/c1-3-5-7-9-8-6-4-2;1-2-3-4-5;;;/h3-8H2,1-2H3;2-4H2,1H3;2*1H;/q2*-1;;;+4/p-2. The number of rotatable bonds is 11. The first-order chi connectivity index (χ1) is 7.35. The van der Waals surface area contributed by atoms with E-state index in [1.165, 1.54) is 51.6 Å². The van der Waals surface area contributed by atoms with Crippen LogP contribution in [0.3, 0.4) is 0 Å². The van der Waals surface area contributed by atoms with Crippen LogP contribution in [0.2, 0.25) is 0 Å². The average Bonchev–Trinajstić information content (AvgIpc) is 2.27. The molecule has 2 nitrogen and oxygen atoms in total. The molecule has 0 bridgehead atoms. The van der Waals surface area contributed by atoms with Gasteiger partial charge in [-0.2, -0.15) is 0 Å². The van der Waals surface area contributed by atoms with Crippen molar-refractivity contribution in [1.82, 2.24) is 3.38 Å². The second-order valence-electron chi connectivity index (χ2n) is 3.99. The zero-order valence-corrected chi connectivity index (χ0v) is 14.5. The summed E-state index contributed by atoms with van der Waals surface area (Å²) in [5.41, 5.74) is 0. The number of halogens is 2. The molecular formula is C12H27Cl2NOTi. The van der Waals surface area contributed by atoms with Crippen molar-refractivity contribution in [2.24, 2.45) is 0 Å². The van der Waals surface area contributed by atoms with Crippen molar-refractivity contribution in [1.29, 1.82) is 0 Å². The number of hydrogen-bond donors (Lipinski definition) is 0. The molecule has 0 N–H and O–H groups in total. The predicted octanol–water partition coefficient (Wildman–Crippen LogP) is -2.37. The van der Waals surface area contributed by atoms with E-state index in [1.807, 2.05) is 0 Å². The van der Waals surface area contributed by atoms with Gasteiger partial charge < -0.3 is 24.8 Å². The number of nitrogens with zero attached hydrogens (tertiary/aromatic N) is 1. The van der Waals surface area contributed by atoms with Crippen molar-refractivity contribution in [3.8, 4) is 0 Å². The second kappa shape index (κ2) is 19.6. The van der Waals surface area contributed by atoms with Crippen LogP contribution in [0.25, 0.3) is 0 Å². The maximum Gasteiger partial charge on any atom is -1.00 e. The van der Waals surface area contributed by atoms with Crippen molar-refractivity contribution < 1.29 is 47.9 Å². The van der Waals surface area contributed by atoms with Crippen molar-refractivity contribution in [3.63, 3.8) is 0 Å². The Kier molecular flexibility index (Phi) is 26.8. The van der Waals surface area contributed by atoms with E-state index < -0.39 is 0 Å². The summed E-state index contributed by atoms with van der Waals surface area (Å²) in [4.78, 5) is 0. The van der Waals surface area contributed by atoms with E-state index in [1.54, 1.807) is 0 Å². The van der Waals surface area contributed by atoms with E-state index >= 15 is 0 Å². The Morgan fingerprint density at radius 2 is 1.29 bits per heavy atom. The third kappa shape index (κ3) is 17.2. The molecule has 0 fully saturated rings. The third-order valence-electron chi connectivity index (χ3n) is 2.36. The van der Waals surface area contributed by atoms with Gasteiger partial charge in [-0.15, -0.1) is 0 Å². The van der Waals surface area contributed by atoms with Crippen LogP contribution in [-0.4, -0.2) is 23.1 Å². The minimum atomic E-state index is -0.279. The van der Waals surface area contributed by atoms with Crippen LogP contribution in [0.5, 0.6) is 0 Å². The van der Waals surface area contributed by atoms with Gasteiger partial charge in [0.25, 0.3) is 0 Å². The molecule has 0 heterocycles. The van der Waals surface area contributed by atoms with Gasteiger partial charge in [-0.25, -0.2) is 0 Å². The monoisotopic (exact) mass is 319 g/mol. The molecule has 0 aromatic rings. The van der Waals surface area contributed by atoms with Gasteiger partial charge in [0.05, 0.1) is 0 Å². The molecule has 0 saturated carbocycles. The molecule has 104 valence electrons. The first kappa shape index (κ1) is 23.3. The molecule has 5 heteroatoms. The maximum absolute atomic E-state index is 5.78. The van der Waals surface area contributed by atoms with E-state index in [0.29, 0.717) is 0 Å². The van der Waals surface area contributed by atoms with Crippen LogP contribution < -0.4 is 24.8 Å². The minimum absolute atomic E-state index is 0. The van der Waals surface area contributed by atoms with Gasteiger partial charge in [0.15, 0.2) is 0 Å². The Balaban J connectivity index is -0.000000980. The van der Waals surface area contributed by atoms with Gasteiger partial charge >= 0.3 is 105 Å². The van der Waals surface area contributed by atoms with Crippen LogP contribution in [0.15, 0.2) is 0 Å². The molecule has 0 atom stereocenters. The SMILES string of the molecule is CCCC[O][Ti+2][N](CCCC)CCCC.[Cl-].[Cl-]. The van der Waals surface area contributed by atoms with Crippen molar-refractivity contribution in [2.75, 3.05) is 19.7 Å². The molecule has 0 spiro atoms. The Hall–Kier alpha value is 1.21. The summed E-state index contributed by atoms with van der Waals surface area (Å²) in [6.45, 7) is 10.2. The number of hydrogen-bond acceptors (Lipinski definition) is 2. The topological polar surface area (TPSA) is 12.5 Å². The van der Waals surface area contributed by atoms with E-state index in [4.69, 9.17) is 3.32 Å². The molecule has 0 aliphatic rings. The molecular weight excluding hydrogens is 293 g/mol. The van der Waals surface area contributed by atoms with E-state index in [0.717, 1.165) is 6.61 Å². The molecule has 0 aliphatic heterocycles. The molecule has 0 amide bonds. The zero-order chi connectivity index (χ0) is 11.4.